The van der Waals surface area contributed by atoms with Gasteiger partial charge in [-0.25, -0.2) is 4.79 Å². The average molecular weight is 286 g/mol. The van der Waals surface area contributed by atoms with Crippen LogP contribution in [0.4, 0.5) is 4.79 Å². The first-order chi connectivity index (χ1) is 10.0. The summed E-state index contributed by atoms with van der Waals surface area (Å²) in [4.78, 5) is 20.5. The number of carbonyl (C=O) groups excluding carboxylic acids is 1. The molecule has 1 fully saturated rings. The van der Waals surface area contributed by atoms with Crippen LogP contribution in [0.15, 0.2) is 35.3 Å². The zero-order valence-electron chi connectivity index (χ0n) is 12.6. The van der Waals surface area contributed by atoms with Crippen LogP contribution in [0.3, 0.4) is 0 Å². The molecule has 0 aromatic heterocycles. The van der Waals surface area contributed by atoms with Crippen molar-refractivity contribution in [2.24, 2.45) is 10.7 Å². The molecule has 0 bridgehead atoms. The lowest BCUT2D eigenvalue weighted by atomic mass is 9.81. The molecule has 5 heteroatoms. The van der Waals surface area contributed by atoms with Crippen LogP contribution >= 0.6 is 0 Å². The summed E-state index contributed by atoms with van der Waals surface area (Å²) in [5.41, 5.74) is 6.86. The van der Waals surface area contributed by atoms with Gasteiger partial charge in [0.25, 0.3) is 0 Å². The molecular formula is C16H22N4O. The molecule has 0 saturated carbocycles. The van der Waals surface area contributed by atoms with Gasteiger partial charge in [0.1, 0.15) is 11.4 Å². The number of amides is 2. The Balaban J connectivity index is 1.89. The van der Waals surface area contributed by atoms with Crippen LogP contribution in [0, 0.1) is 0 Å². The number of hydrogen-bond acceptors (Lipinski definition) is 3. The van der Waals surface area contributed by atoms with Crippen molar-refractivity contribution in [3.63, 3.8) is 0 Å². The molecule has 2 unspecified atom stereocenters. The fourth-order valence-electron chi connectivity index (χ4n) is 3.38. The van der Waals surface area contributed by atoms with Gasteiger partial charge in [0.2, 0.25) is 0 Å². The number of rotatable bonds is 2. The van der Waals surface area contributed by atoms with Gasteiger partial charge in [0.05, 0.1) is 0 Å². The molecule has 2 heterocycles. The zero-order chi connectivity index (χ0) is 15.0. The fraction of sp³-hybridized carbons (Fsp3) is 0.500. The molecule has 21 heavy (non-hydrogen) atoms. The topological polar surface area (TPSA) is 61.9 Å². The molecule has 0 aliphatic carbocycles. The molecular weight excluding hydrogens is 264 g/mol. The van der Waals surface area contributed by atoms with Gasteiger partial charge in [-0.15, -0.1) is 0 Å². The molecule has 2 amide bonds. The minimum absolute atomic E-state index is 0.201. The fourth-order valence-corrected chi connectivity index (χ4v) is 3.38. The quantitative estimate of drug-likeness (QED) is 0.902. The molecule has 2 aliphatic rings. The van der Waals surface area contributed by atoms with E-state index in [2.05, 4.69) is 23.9 Å². The number of urea groups is 1. The van der Waals surface area contributed by atoms with Gasteiger partial charge in [-0.1, -0.05) is 30.3 Å². The highest BCUT2D eigenvalue weighted by Gasteiger charge is 2.51. The molecule has 2 aliphatic heterocycles. The van der Waals surface area contributed by atoms with Gasteiger partial charge < -0.3 is 15.5 Å². The lowest BCUT2D eigenvalue weighted by molar-refractivity contribution is 0.0770. The number of nitrogens with two attached hydrogens (primary N) is 1. The monoisotopic (exact) mass is 286 g/mol. The van der Waals surface area contributed by atoms with Crippen LogP contribution in [0.5, 0.6) is 0 Å². The maximum Gasteiger partial charge on any atom is 0.346 e. The van der Waals surface area contributed by atoms with E-state index in [0.29, 0.717) is 18.4 Å². The summed E-state index contributed by atoms with van der Waals surface area (Å²) >= 11 is 0. The highest BCUT2D eigenvalue weighted by Crippen LogP contribution is 2.37. The maximum atomic E-state index is 12.3. The second kappa shape index (κ2) is 5.15. The normalized spacial score (nSPS) is 30.0. The molecule has 112 valence electrons. The summed E-state index contributed by atoms with van der Waals surface area (Å²) < 4.78 is 0. The summed E-state index contributed by atoms with van der Waals surface area (Å²) in [6, 6.07) is 10.2. The van der Waals surface area contributed by atoms with Gasteiger partial charge >= 0.3 is 6.03 Å². The molecule has 2 N–H and O–H groups in total. The number of amidine groups is 1. The Morgan fingerprint density at radius 2 is 2.10 bits per heavy atom. The summed E-state index contributed by atoms with van der Waals surface area (Å²) in [6.45, 7) is 3.67. The van der Waals surface area contributed by atoms with Crippen molar-refractivity contribution in [1.29, 1.82) is 0 Å². The van der Waals surface area contributed by atoms with Crippen LogP contribution in [-0.4, -0.2) is 46.8 Å². The smallest absolute Gasteiger partial charge is 0.346 e. The van der Waals surface area contributed by atoms with Crippen molar-refractivity contribution in [2.45, 2.75) is 37.9 Å². The number of benzene rings is 1. The van der Waals surface area contributed by atoms with Crippen LogP contribution in [0.2, 0.25) is 0 Å². The van der Waals surface area contributed by atoms with Gasteiger partial charge in [0.15, 0.2) is 0 Å². The summed E-state index contributed by atoms with van der Waals surface area (Å²) in [5.74, 6) is 0.489. The Bertz CT molecular complexity index is 571. The van der Waals surface area contributed by atoms with E-state index >= 15 is 0 Å². The molecule has 2 atom stereocenters. The predicted molar refractivity (Wildman–Crippen MR) is 83.1 cm³/mol. The Kier molecular flexibility index (Phi) is 3.45. The Labute approximate surface area is 125 Å². The Morgan fingerprint density at radius 3 is 2.76 bits per heavy atom. The molecule has 1 aromatic rings. The third-order valence-corrected chi connectivity index (χ3v) is 4.89. The maximum absolute atomic E-state index is 12.3. The highest BCUT2D eigenvalue weighted by molar-refractivity contribution is 6.05. The van der Waals surface area contributed by atoms with Crippen molar-refractivity contribution in [1.82, 2.24) is 9.80 Å². The summed E-state index contributed by atoms with van der Waals surface area (Å²) in [7, 11) is 2.11. The number of hydrogen-bond donors (Lipinski definition) is 1. The van der Waals surface area contributed by atoms with Crippen molar-refractivity contribution in [3.05, 3.63) is 35.9 Å². The molecule has 0 radical (unpaired) electrons. The number of piperidine rings is 1. The predicted octanol–water partition coefficient (Wildman–Crippen LogP) is 1.83. The SMILES string of the molecule is CC1CC2(CCN1C)C(N)=NC(=O)N2Cc1ccccc1. The standard InChI is InChI=1S/C16H22N4O/c1-12-10-16(8-9-19(12)2)14(17)18-15(21)20(16)11-13-6-4-3-5-7-13/h3-7,12H,8-11H2,1-2H3,(H2,17,18,21). The number of nitrogens with zero attached hydrogens (tertiary/aromatic N) is 3. The lowest BCUT2D eigenvalue weighted by Crippen LogP contribution is -2.61. The first-order valence-electron chi connectivity index (χ1n) is 7.43. The van der Waals surface area contributed by atoms with Gasteiger partial charge in [-0.2, -0.15) is 4.99 Å². The highest BCUT2D eigenvalue weighted by atomic mass is 16.2. The number of aliphatic imine (C=N–C) groups is 1. The molecule has 1 spiro atoms. The van der Waals surface area contributed by atoms with Crippen LogP contribution < -0.4 is 5.73 Å². The van der Waals surface area contributed by atoms with E-state index in [1.165, 1.54) is 0 Å². The number of likely N-dealkylation sites (tertiary alicyclic amines) is 1. The number of carbonyl (C=O) groups is 1. The van der Waals surface area contributed by atoms with Crippen molar-refractivity contribution in [3.8, 4) is 0 Å². The third kappa shape index (κ3) is 2.31. The van der Waals surface area contributed by atoms with Crippen LogP contribution in [-0.2, 0) is 6.54 Å². The van der Waals surface area contributed by atoms with Crippen molar-refractivity contribution < 1.29 is 4.79 Å². The van der Waals surface area contributed by atoms with Crippen LogP contribution in [0.1, 0.15) is 25.3 Å². The Hall–Kier alpha value is -1.88. The minimum Gasteiger partial charge on any atom is -0.385 e. The first-order valence-corrected chi connectivity index (χ1v) is 7.43. The van der Waals surface area contributed by atoms with E-state index < -0.39 is 5.54 Å². The van der Waals surface area contributed by atoms with Crippen molar-refractivity contribution >= 4 is 11.9 Å². The summed E-state index contributed by atoms with van der Waals surface area (Å²) in [6.07, 6.45) is 1.69. The molecule has 5 nitrogen and oxygen atoms in total. The van der Waals surface area contributed by atoms with E-state index in [1.54, 1.807) is 0 Å². The van der Waals surface area contributed by atoms with Crippen molar-refractivity contribution in [2.75, 3.05) is 13.6 Å². The van der Waals surface area contributed by atoms with E-state index in [0.717, 1.165) is 24.9 Å². The first kappa shape index (κ1) is 14.1. The van der Waals surface area contributed by atoms with E-state index in [1.807, 2.05) is 35.2 Å². The largest absolute Gasteiger partial charge is 0.385 e. The van der Waals surface area contributed by atoms with E-state index in [-0.39, 0.29) is 6.03 Å². The molecule has 1 saturated heterocycles. The average Bonchev–Trinajstić information content (AvgIpc) is 2.69. The summed E-state index contributed by atoms with van der Waals surface area (Å²) in [5, 5.41) is 0. The minimum atomic E-state index is -0.404. The third-order valence-electron chi connectivity index (χ3n) is 4.89. The zero-order valence-corrected chi connectivity index (χ0v) is 12.6. The van der Waals surface area contributed by atoms with Gasteiger partial charge in [-0.3, -0.25) is 0 Å². The second-order valence-corrected chi connectivity index (χ2v) is 6.17. The Morgan fingerprint density at radius 1 is 1.38 bits per heavy atom. The van der Waals surface area contributed by atoms with Gasteiger partial charge in [-0.05, 0) is 32.4 Å². The van der Waals surface area contributed by atoms with Gasteiger partial charge in [0, 0.05) is 19.1 Å². The second-order valence-electron chi connectivity index (χ2n) is 6.17. The van der Waals surface area contributed by atoms with Crippen LogP contribution in [0.25, 0.3) is 0 Å². The lowest BCUT2D eigenvalue weighted by Gasteiger charge is -2.46. The molecule has 1 aromatic carbocycles. The molecule has 3 rings (SSSR count). The van der Waals surface area contributed by atoms with E-state index in [4.69, 9.17) is 5.73 Å². The van der Waals surface area contributed by atoms with E-state index in [9.17, 15) is 4.79 Å².